The third kappa shape index (κ3) is 17.4. The Morgan fingerprint density at radius 3 is 1.33 bits per heavy atom. The first kappa shape index (κ1) is 30.2. The minimum absolute atomic E-state index is 0.105. The summed E-state index contributed by atoms with van der Waals surface area (Å²) in [5, 5.41) is 10.9. The normalized spacial score (nSPS) is 10.5. The number of urea groups is 2. The van der Waals surface area contributed by atoms with Crippen molar-refractivity contribution >= 4 is 32.1 Å². The summed E-state index contributed by atoms with van der Waals surface area (Å²) >= 11 is 0. The molecule has 0 aliphatic rings. The number of carbonyl (C=O) groups excluding carboxylic acids is 4. The second kappa shape index (κ2) is 16.8. The first-order chi connectivity index (χ1) is 15.4. The van der Waals surface area contributed by atoms with Gasteiger partial charge in [0.15, 0.2) is 0 Å². The van der Waals surface area contributed by atoms with Gasteiger partial charge in [0.1, 0.15) is 13.2 Å². The monoisotopic (exact) mass is 484 g/mol. The van der Waals surface area contributed by atoms with E-state index in [-0.39, 0.29) is 38.4 Å². The van der Waals surface area contributed by atoms with Gasteiger partial charge in [0.25, 0.3) is 0 Å². The standard InChI is InChI=1S/C22H40N4O6Si/c1-17(2)19(27)31-13-11-25-21(29)23-9-7-15-33(5,6)16-8-10-24-22(30)26-12-14-32-20(28)18(3)4/h1,3,7-16H2,2,4-6H3,(H2,23,25,29)(H2,24,26,30). The molecule has 0 aliphatic heterocycles. The van der Waals surface area contributed by atoms with Gasteiger partial charge in [-0.25, -0.2) is 19.2 Å². The fourth-order valence-corrected chi connectivity index (χ4v) is 5.17. The number of carbonyl (C=O) groups is 4. The maximum Gasteiger partial charge on any atom is 0.333 e. The van der Waals surface area contributed by atoms with E-state index in [2.05, 4.69) is 47.5 Å². The Bertz CT molecular complexity index is 640. The molecule has 0 atom stereocenters. The topological polar surface area (TPSA) is 135 Å². The summed E-state index contributed by atoms with van der Waals surface area (Å²) in [6.07, 6.45) is 1.77. The van der Waals surface area contributed by atoms with E-state index in [4.69, 9.17) is 9.47 Å². The Balaban J connectivity index is 3.75. The first-order valence-corrected chi connectivity index (χ1v) is 14.5. The first-order valence-electron chi connectivity index (χ1n) is 11.1. The maximum atomic E-state index is 11.7. The molecule has 0 heterocycles. The molecular weight excluding hydrogens is 444 g/mol. The van der Waals surface area contributed by atoms with Crippen LogP contribution < -0.4 is 21.3 Å². The highest BCUT2D eigenvalue weighted by atomic mass is 28.3. The predicted molar refractivity (Wildman–Crippen MR) is 131 cm³/mol. The SMILES string of the molecule is C=C(C)C(=O)OCCNC(=O)NCCC[Si](C)(C)CCCNC(=O)NCCOC(=O)C(=C)C. The molecule has 0 spiro atoms. The van der Waals surface area contributed by atoms with E-state index < -0.39 is 20.0 Å². The van der Waals surface area contributed by atoms with E-state index in [0.717, 1.165) is 24.9 Å². The fraction of sp³-hybridized carbons (Fsp3) is 0.636. The summed E-state index contributed by atoms with van der Waals surface area (Å²) < 4.78 is 9.80. The van der Waals surface area contributed by atoms with Gasteiger partial charge in [-0.15, -0.1) is 0 Å². The largest absolute Gasteiger partial charge is 0.460 e. The van der Waals surface area contributed by atoms with Crippen LogP contribution >= 0.6 is 0 Å². The van der Waals surface area contributed by atoms with Crippen molar-refractivity contribution in [2.75, 3.05) is 39.4 Å². The Hall–Kier alpha value is -2.82. The van der Waals surface area contributed by atoms with Gasteiger partial charge in [-0.05, 0) is 26.7 Å². The molecule has 0 aromatic heterocycles. The third-order valence-corrected chi connectivity index (χ3v) is 7.98. The lowest BCUT2D eigenvalue weighted by Crippen LogP contribution is -2.39. The number of esters is 2. The van der Waals surface area contributed by atoms with Crippen molar-refractivity contribution in [3.8, 4) is 0 Å². The number of ether oxygens (including phenoxy) is 2. The molecule has 0 aliphatic carbocycles. The highest BCUT2D eigenvalue weighted by Crippen LogP contribution is 2.18. The molecule has 4 N–H and O–H groups in total. The fourth-order valence-electron chi connectivity index (χ4n) is 2.65. The molecule has 0 saturated carbocycles. The predicted octanol–water partition coefficient (Wildman–Crippen LogP) is 2.31. The second-order valence-electron chi connectivity index (χ2n) is 8.57. The lowest BCUT2D eigenvalue weighted by molar-refractivity contribution is -0.139. The van der Waals surface area contributed by atoms with E-state index in [1.165, 1.54) is 0 Å². The molecule has 10 nitrogen and oxygen atoms in total. The molecule has 0 aromatic rings. The average molecular weight is 485 g/mol. The quantitative estimate of drug-likeness (QED) is 0.115. The lowest BCUT2D eigenvalue weighted by Gasteiger charge is -2.22. The third-order valence-electron chi connectivity index (χ3n) is 4.57. The van der Waals surface area contributed by atoms with Crippen molar-refractivity contribution in [3.63, 3.8) is 0 Å². The molecule has 0 fully saturated rings. The van der Waals surface area contributed by atoms with E-state index >= 15 is 0 Å². The van der Waals surface area contributed by atoms with Gasteiger partial charge in [0.05, 0.1) is 13.1 Å². The molecule has 0 rings (SSSR count). The number of nitrogens with one attached hydrogen (secondary N) is 4. The minimum atomic E-state index is -1.43. The Morgan fingerprint density at radius 1 is 0.667 bits per heavy atom. The molecule has 0 aromatic carbocycles. The van der Waals surface area contributed by atoms with Crippen LogP contribution in [0.25, 0.3) is 0 Å². The zero-order valence-electron chi connectivity index (χ0n) is 20.4. The van der Waals surface area contributed by atoms with Gasteiger partial charge in [0, 0.05) is 32.3 Å². The molecule has 4 amide bonds. The van der Waals surface area contributed by atoms with E-state index in [1.54, 1.807) is 13.8 Å². The summed E-state index contributed by atoms with van der Waals surface area (Å²) in [6, 6.07) is 1.55. The van der Waals surface area contributed by atoms with Crippen molar-refractivity contribution in [1.29, 1.82) is 0 Å². The molecule has 0 radical (unpaired) electrons. The average Bonchev–Trinajstić information content (AvgIpc) is 2.74. The number of hydrogen-bond donors (Lipinski definition) is 4. The zero-order chi connectivity index (χ0) is 25.3. The molecular formula is C22H40N4O6Si. The van der Waals surface area contributed by atoms with Crippen LogP contribution in [0.1, 0.15) is 26.7 Å². The van der Waals surface area contributed by atoms with Gasteiger partial charge < -0.3 is 30.7 Å². The highest BCUT2D eigenvalue weighted by Gasteiger charge is 2.19. The second-order valence-corrected chi connectivity index (χ2v) is 13.9. The van der Waals surface area contributed by atoms with Gasteiger partial charge in [-0.1, -0.05) is 38.3 Å². The molecule has 33 heavy (non-hydrogen) atoms. The number of rotatable bonds is 16. The van der Waals surface area contributed by atoms with E-state index in [1.807, 2.05) is 0 Å². The van der Waals surface area contributed by atoms with Crippen LogP contribution in [-0.2, 0) is 19.1 Å². The van der Waals surface area contributed by atoms with E-state index in [0.29, 0.717) is 24.2 Å². The van der Waals surface area contributed by atoms with Crippen LogP contribution in [0.3, 0.4) is 0 Å². The van der Waals surface area contributed by atoms with Crippen molar-refractivity contribution in [2.24, 2.45) is 0 Å². The lowest BCUT2D eigenvalue weighted by atomic mass is 10.4. The van der Waals surface area contributed by atoms with Gasteiger partial charge in [-0.2, -0.15) is 0 Å². The van der Waals surface area contributed by atoms with Crippen LogP contribution in [0.4, 0.5) is 9.59 Å². The van der Waals surface area contributed by atoms with Gasteiger partial charge in [0.2, 0.25) is 0 Å². The van der Waals surface area contributed by atoms with Gasteiger partial charge in [-0.3, -0.25) is 0 Å². The molecule has 11 heteroatoms. The Kier molecular flexibility index (Phi) is 15.3. The van der Waals surface area contributed by atoms with Crippen molar-refractivity contribution in [2.45, 2.75) is 51.9 Å². The summed E-state index contributed by atoms with van der Waals surface area (Å²) in [5.41, 5.74) is 0.646. The van der Waals surface area contributed by atoms with Crippen molar-refractivity contribution < 1.29 is 28.7 Å². The van der Waals surface area contributed by atoms with Crippen LogP contribution in [-0.4, -0.2) is 71.5 Å². The van der Waals surface area contributed by atoms with Crippen molar-refractivity contribution in [1.82, 2.24) is 21.3 Å². The van der Waals surface area contributed by atoms with Crippen LogP contribution in [0, 0.1) is 0 Å². The van der Waals surface area contributed by atoms with Crippen molar-refractivity contribution in [3.05, 3.63) is 24.3 Å². The summed E-state index contributed by atoms with van der Waals surface area (Å²) in [5.74, 6) is -0.941. The summed E-state index contributed by atoms with van der Waals surface area (Å²) in [7, 11) is -1.43. The van der Waals surface area contributed by atoms with Gasteiger partial charge >= 0.3 is 24.0 Å². The zero-order valence-corrected chi connectivity index (χ0v) is 21.4. The molecule has 188 valence electrons. The number of amides is 4. The Morgan fingerprint density at radius 2 is 1.00 bits per heavy atom. The molecule has 0 unspecified atom stereocenters. The van der Waals surface area contributed by atoms with E-state index in [9.17, 15) is 19.2 Å². The minimum Gasteiger partial charge on any atom is -0.460 e. The smallest absolute Gasteiger partial charge is 0.333 e. The highest BCUT2D eigenvalue weighted by molar-refractivity contribution is 6.77. The maximum absolute atomic E-state index is 11.7. The number of hydrogen-bond acceptors (Lipinski definition) is 6. The summed E-state index contributed by atoms with van der Waals surface area (Å²) in [6.45, 7) is 16.5. The summed E-state index contributed by atoms with van der Waals surface area (Å²) in [4.78, 5) is 45.9. The molecule has 0 bridgehead atoms. The molecule has 0 saturated heterocycles. The van der Waals surface area contributed by atoms with Crippen LogP contribution in [0.2, 0.25) is 25.2 Å². The van der Waals surface area contributed by atoms with Crippen LogP contribution in [0.5, 0.6) is 0 Å². The van der Waals surface area contributed by atoms with Crippen LogP contribution in [0.15, 0.2) is 24.3 Å². The Labute approximate surface area is 197 Å².